The van der Waals surface area contributed by atoms with E-state index in [1.54, 1.807) is 11.3 Å². The van der Waals surface area contributed by atoms with Crippen LogP contribution in [-0.2, 0) is 16.1 Å². The van der Waals surface area contributed by atoms with Crippen LogP contribution in [0.25, 0.3) is 0 Å². The maximum Gasteiger partial charge on any atom is 0.237 e. The van der Waals surface area contributed by atoms with Crippen molar-refractivity contribution in [2.24, 2.45) is 0 Å². The minimum atomic E-state index is -0.332. The molecular weight excluding hydrogens is 310 g/mol. The summed E-state index contributed by atoms with van der Waals surface area (Å²) in [6, 6.07) is 3.79. The number of nitrogens with zero attached hydrogens (tertiary/aromatic N) is 2. The molecule has 6 heteroatoms. The molecule has 2 fully saturated rings. The molecule has 3 rings (SSSR count). The molecule has 23 heavy (non-hydrogen) atoms. The van der Waals surface area contributed by atoms with E-state index in [1.165, 1.54) is 17.7 Å². The average Bonchev–Trinajstić information content (AvgIpc) is 2.90. The molecule has 2 amide bonds. The van der Waals surface area contributed by atoms with E-state index in [0.717, 1.165) is 39.0 Å². The molecule has 5 nitrogen and oxygen atoms in total. The molecule has 1 N–H and O–H groups in total. The van der Waals surface area contributed by atoms with Gasteiger partial charge in [-0.05, 0) is 24.3 Å². The Hall–Kier alpha value is -1.40. The second-order valence-corrected chi connectivity index (χ2v) is 7.39. The van der Waals surface area contributed by atoms with Crippen molar-refractivity contribution >= 4 is 23.2 Å². The fourth-order valence-corrected chi connectivity index (χ4v) is 4.12. The molecule has 2 aliphatic rings. The summed E-state index contributed by atoms with van der Waals surface area (Å²) in [6.07, 6.45) is 4.89. The van der Waals surface area contributed by atoms with Crippen molar-refractivity contribution in [3.05, 3.63) is 22.4 Å². The van der Waals surface area contributed by atoms with Gasteiger partial charge in [0.05, 0.1) is 12.5 Å². The highest BCUT2D eigenvalue weighted by Crippen LogP contribution is 2.19. The highest BCUT2D eigenvalue weighted by Gasteiger charge is 2.33. The minimum Gasteiger partial charge on any atom is -0.353 e. The van der Waals surface area contributed by atoms with Crippen LogP contribution in [0.4, 0.5) is 0 Å². The van der Waals surface area contributed by atoms with Gasteiger partial charge in [-0.15, -0.1) is 11.3 Å². The van der Waals surface area contributed by atoms with Crippen molar-refractivity contribution in [1.29, 1.82) is 0 Å². The topological polar surface area (TPSA) is 52.7 Å². The van der Waals surface area contributed by atoms with Crippen LogP contribution in [0.3, 0.4) is 0 Å². The summed E-state index contributed by atoms with van der Waals surface area (Å²) >= 11 is 1.70. The lowest BCUT2D eigenvalue weighted by molar-refractivity contribution is -0.139. The molecule has 0 spiro atoms. The van der Waals surface area contributed by atoms with Crippen molar-refractivity contribution in [3.63, 3.8) is 0 Å². The summed E-state index contributed by atoms with van der Waals surface area (Å²) < 4.78 is 0. The van der Waals surface area contributed by atoms with Crippen molar-refractivity contribution < 1.29 is 9.59 Å². The molecule has 0 aromatic carbocycles. The molecule has 3 heterocycles. The normalized spacial score (nSPS) is 23.4. The Labute approximate surface area is 141 Å². The first kappa shape index (κ1) is 16.5. The summed E-state index contributed by atoms with van der Waals surface area (Å²) in [5.74, 6) is 0.126. The number of likely N-dealkylation sites (tertiary alicyclic amines) is 1. The van der Waals surface area contributed by atoms with Crippen LogP contribution in [-0.4, -0.2) is 53.8 Å². The highest BCUT2D eigenvalue weighted by atomic mass is 32.1. The fraction of sp³-hybridized carbons (Fsp3) is 0.647. The van der Waals surface area contributed by atoms with E-state index in [0.29, 0.717) is 13.0 Å². The second-order valence-electron chi connectivity index (χ2n) is 6.36. The van der Waals surface area contributed by atoms with Gasteiger partial charge in [0.2, 0.25) is 11.8 Å². The maximum absolute atomic E-state index is 12.6. The zero-order valence-electron chi connectivity index (χ0n) is 13.5. The van der Waals surface area contributed by atoms with Crippen LogP contribution in [0.5, 0.6) is 0 Å². The maximum atomic E-state index is 12.6. The summed E-state index contributed by atoms with van der Waals surface area (Å²) in [5, 5.41) is 4.97. The predicted molar refractivity (Wildman–Crippen MR) is 91.2 cm³/mol. The summed E-state index contributed by atoms with van der Waals surface area (Å²) in [4.78, 5) is 30.3. The van der Waals surface area contributed by atoms with Gasteiger partial charge in [-0.1, -0.05) is 18.9 Å². The van der Waals surface area contributed by atoms with Crippen molar-refractivity contribution in [2.45, 2.75) is 44.7 Å². The number of thiophene rings is 1. The Bertz CT molecular complexity index is 524. The molecule has 0 bridgehead atoms. The standard InChI is InChI=1S/C17H25N3O2S/c21-16(19-8-3-1-2-4-9-19)12-15-17(22)18-7-10-20(15)13-14-6-5-11-23-14/h5-6,11,15H,1-4,7-10,12-13H2,(H,18,22)/t15-/m1/s1. The van der Waals surface area contributed by atoms with Gasteiger partial charge in [0.1, 0.15) is 0 Å². The largest absolute Gasteiger partial charge is 0.353 e. The lowest BCUT2D eigenvalue weighted by Gasteiger charge is -2.35. The van der Waals surface area contributed by atoms with Crippen molar-refractivity contribution in [2.75, 3.05) is 26.2 Å². The molecule has 0 saturated carbocycles. The number of piperazine rings is 1. The van der Waals surface area contributed by atoms with Gasteiger partial charge in [-0.25, -0.2) is 0 Å². The average molecular weight is 335 g/mol. The van der Waals surface area contributed by atoms with Crippen LogP contribution in [0.2, 0.25) is 0 Å². The number of hydrogen-bond acceptors (Lipinski definition) is 4. The first-order valence-corrected chi connectivity index (χ1v) is 9.44. The quantitative estimate of drug-likeness (QED) is 0.913. The van der Waals surface area contributed by atoms with Gasteiger partial charge in [0.15, 0.2) is 0 Å². The van der Waals surface area contributed by atoms with E-state index in [2.05, 4.69) is 21.7 Å². The Balaban J connectivity index is 1.64. The van der Waals surface area contributed by atoms with Crippen LogP contribution < -0.4 is 5.32 Å². The second kappa shape index (κ2) is 7.93. The highest BCUT2D eigenvalue weighted by molar-refractivity contribution is 7.09. The smallest absolute Gasteiger partial charge is 0.237 e. The first-order chi connectivity index (χ1) is 11.2. The molecule has 0 radical (unpaired) electrons. The first-order valence-electron chi connectivity index (χ1n) is 8.56. The van der Waals surface area contributed by atoms with Crippen LogP contribution in [0.1, 0.15) is 37.0 Å². The Morgan fingerprint density at radius 1 is 1.22 bits per heavy atom. The van der Waals surface area contributed by atoms with Gasteiger partial charge in [-0.3, -0.25) is 14.5 Å². The van der Waals surface area contributed by atoms with Crippen LogP contribution >= 0.6 is 11.3 Å². The van der Waals surface area contributed by atoms with E-state index in [-0.39, 0.29) is 17.9 Å². The van der Waals surface area contributed by atoms with Gasteiger partial charge < -0.3 is 10.2 Å². The van der Waals surface area contributed by atoms with E-state index >= 15 is 0 Å². The number of rotatable bonds is 4. The van der Waals surface area contributed by atoms with Gasteiger partial charge >= 0.3 is 0 Å². The molecule has 0 unspecified atom stereocenters. The van der Waals surface area contributed by atoms with E-state index in [4.69, 9.17) is 0 Å². The van der Waals surface area contributed by atoms with E-state index < -0.39 is 0 Å². The number of hydrogen-bond donors (Lipinski definition) is 1. The lowest BCUT2D eigenvalue weighted by Crippen LogP contribution is -2.56. The molecule has 1 aromatic heterocycles. The number of carbonyl (C=O) groups excluding carboxylic acids is 2. The van der Waals surface area contributed by atoms with Crippen molar-refractivity contribution in [1.82, 2.24) is 15.1 Å². The summed E-state index contributed by atoms with van der Waals surface area (Å²) in [6.45, 7) is 3.92. The zero-order valence-corrected chi connectivity index (χ0v) is 14.3. The minimum absolute atomic E-state index is 0.00372. The molecule has 0 aliphatic carbocycles. The van der Waals surface area contributed by atoms with Crippen LogP contribution in [0, 0.1) is 0 Å². The summed E-state index contributed by atoms with van der Waals surface area (Å²) in [7, 11) is 0. The van der Waals surface area contributed by atoms with Gasteiger partial charge in [-0.2, -0.15) is 0 Å². The molecule has 1 aromatic rings. The lowest BCUT2D eigenvalue weighted by atomic mass is 10.1. The molecule has 2 aliphatic heterocycles. The Kier molecular flexibility index (Phi) is 5.67. The molecular formula is C17H25N3O2S. The number of amides is 2. The zero-order chi connectivity index (χ0) is 16.1. The third kappa shape index (κ3) is 4.32. The Morgan fingerprint density at radius 3 is 2.70 bits per heavy atom. The van der Waals surface area contributed by atoms with Gasteiger partial charge in [0.25, 0.3) is 0 Å². The monoisotopic (exact) mass is 335 g/mol. The number of nitrogens with one attached hydrogen (secondary N) is 1. The van der Waals surface area contributed by atoms with Crippen molar-refractivity contribution in [3.8, 4) is 0 Å². The molecule has 126 valence electrons. The Morgan fingerprint density at radius 2 is 2.00 bits per heavy atom. The van der Waals surface area contributed by atoms with Crippen LogP contribution in [0.15, 0.2) is 17.5 Å². The third-order valence-corrected chi connectivity index (χ3v) is 5.57. The molecule has 2 saturated heterocycles. The van der Waals surface area contributed by atoms with Gasteiger partial charge in [0, 0.05) is 37.6 Å². The number of carbonyl (C=O) groups is 2. The van der Waals surface area contributed by atoms with E-state index in [1.807, 2.05) is 11.0 Å². The SMILES string of the molecule is O=C1NCCN(Cc2cccs2)[C@@H]1CC(=O)N1CCCCCC1. The molecule has 1 atom stereocenters. The predicted octanol–water partition coefficient (Wildman–Crippen LogP) is 1.84. The fourth-order valence-electron chi connectivity index (χ4n) is 3.39. The third-order valence-electron chi connectivity index (χ3n) is 4.71. The summed E-state index contributed by atoms with van der Waals surface area (Å²) in [5.41, 5.74) is 0. The van der Waals surface area contributed by atoms with E-state index in [9.17, 15) is 9.59 Å².